The van der Waals surface area contributed by atoms with E-state index in [2.05, 4.69) is 11.9 Å². The van der Waals surface area contributed by atoms with Crippen molar-refractivity contribution in [3.05, 3.63) is 42.5 Å². The Bertz CT molecular complexity index is 1090. The van der Waals surface area contributed by atoms with Gasteiger partial charge in [0.2, 0.25) is 11.9 Å². The minimum atomic E-state index is -0.733. The molecule has 3 atom stereocenters. The molecule has 0 saturated carbocycles. The number of aliphatic imine (C=N–C) groups is 1. The number of para-hydroxylation sites is 1. The van der Waals surface area contributed by atoms with E-state index in [1.54, 1.807) is 25.7 Å². The van der Waals surface area contributed by atoms with E-state index in [1.165, 1.54) is 0 Å². The van der Waals surface area contributed by atoms with Gasteiger partial charge in [0.1, 0.15) is 11.4 Å². The van der Waals surface area contributed by atoms with Gasteiger partial charge in [-0.1, -0.05) is 31.2 Å². The molecule has 0 fully saturated rings. The summed E-state index contributed by atoms with van der Waals surface area (Å²) in [5, 5.41) is 2.80. The SMILES string of the molecule is C=CCC[C@]1(CC)CC(=O)N(C2c3ccccc3OCC2CCC(=O)OC(C)C)C(NC(=O)OC(C)(C)C)=N1. The van der Waals surface area contributed by atoms with Gasteiger partial charge in [-0.05, 0) is 66.4 Å². The van der Waals surface area contributed by atoms with Gasteiger partial charge >= 0.3 is 12.1 Å². The summed E-state index contributed by atoms with van der Waals surface area (Å²) in [4.78, 5) is 46.0. The molecule has 1 aromatic carbocycles. The Labute approximate surface area is 232 Å². The molecule has 0 aromatic heterocycles. The molecule has 3 rings (SSSR count). The van der Waals surface area contributed by atoms with Crippen molar-refractivity contribution >= 4 is 23.9 Å². The molecule has 1 aromatic rings. The highest BCUT2D eigenvalue weighted by Crippen LogP contribution is 2.44. The maximum atomic E-state index is 14.0. The molecule has 0 bridgehead atoms. The molecule has 2 amide bonds. The van der Waals surface area contributed by atoms with Crippen LogP contribution in [0.3, 0.4) is 0 Å². The second kappa shape index (κ2) is 12.7. The summed E-state index contributed by atoms with van der Waals surface area (Å²) in [6, 6.07) is 7.03. The fraction of sp³-hybridized carbons (Fsp3) is 0.600. The van der Waals surface area contributed by atoms with Crippen LogP contribution in [0.2, 0.25) is 0 Å². The first-order chi connectivity index (χ1) is 18.4. The van der Waals surface area contributed by atoms with Crippen LogP contribution in [-0.2, 0) is 19.1 Å². The lowest BCUT2D eigenvalue weighted by Gasteiger charge is -2.45. The van der Waals surface area contributed by atoms with E-state index >= 15 is 0 Å². The van der Waals surface area contributed by atoms with Gasteiger partial charge in [0, 0.05) is 17.9 Å². The molecule has 214 valence electrons. The normalized spacial score (nSPS) is 22.9. The average molecular weight is 542 g/mol. The van der Waals surface area contributed by atoms with E-state index in [0.29, 0.717) is 38.0 Å². The number of carbonyl (C=O) groups is 3. The summed E-state index contributed by atoms with van der Waals surface area (Å²) >= 11 is 0. The van der Waals surface area contributed by atoms with Gasteiger partial charge in [-0.15, -0.1) is 6.58 Å². The number of rotatable bonds is 9. The number of nitrogens with zero attached hydrogens (tertiary/aromatic N) is 2. The van der Waals surface area contributed by atoms with E-state index in [-0.39, 0.29) is 42.7 Å². The molecular formula is C30H43N3O6. The van der Waals surface area contributed by atoms with Crippen LogP contribution in [0.1, 0.15) is 91.7 Å². The van der Waals surface area contributed by atoms with Crippen molar-refractivity contribution in [3.63, 3.8) is 0 Å². The van der Waals surface area contributed by atoms with Crippen molar-refractivity contribution in [1.29, 1.82) is 0 Å². The van der Waals surface area contributed by atoms with Crippen LogP contribution in [0.4, 0.5) is 4.79 Å². The van der Waals surface area contributed by atoms with Crippen molar-refractivity contribution in [3.8, 4) is 5.75 Å². The van der Waals surface area contributed by atoms with E-state index in [0.717, 1.165) is 5.56 Å². The number of hydrogen-bond donors (Lipinski definition) is 1. The number of esters is 1. The van der Waals surface area contributed by atoms with Gasteiger partial charge in [0.15, 0.2) is 0 Å². The largest absolute Gasteiger partial charge is 0.493 e. The highest BCUT2D eigenvalue weighted by molar-refractivity contribution is 6.05. The Balaban J connectivity index is 2.05. The third-order valence-corrected chi connectivity index (χ3v) is 6.91. The van der Waals surface area contributed by atoms with Gasteiger partial charge in [0.05, 0.1) is 30.7 Å². The van der Waals surface area contributed by atoms with Crippen LogP contribution in [0.25, 0.3) is 0 Å². The Kier molecular flexibility index (Phi) is 9.80. The number of carbonyl (C=O) groups excluding carboxylic acids is 3. The fourth-order valence-corrected chi connectivity index (χ4v) is 5.08. The third kappa shape index (κ3) is 7.83. The topological polar surface area (TPSA) is 107 Å². The molecule has 0 radical (unpaired) electrons. The molecule has 2 heterocycles. The number of amides is 2. The summed E-state index contributed by atoms with van der Waals surface area (Å²) in [7, 11) is 0. The van der Waals surface area contributed by atoms with Crippen LogP contribution in [0.5, 0.6) is 5.75 Å². The first kappa shape index (κ1) is 30.2. The third-order valence-electron chi connectivity index (χ3n) is 6.91. The lowest BCUT2D eigenvalue weighted by molar-refractivity contribution is -0.147. The lowest BCUT2D eigenvalue weighted by Crippen LogP contribution is -2.57. The minimum absolute atomic E-state index is 0.154. The molecule has 9 nitrogen and oxygen atoms in total. The standard InChI is InChI=1S/C30H43N3O6/c1-8-10-17-30(9-2)18-24(34)33(27(32-30)31-28(36)39-29(5,6)7)26-21(15-16-25(35)38-20(3)4)19-37-23-14-12-11-13-22(23)26/h8,11-14,20-21,26H,1,9-10,15-19H2,2-7H3,(H,31,32,36)/t21?,26?,30-/m1/s1. The Morgan fingerprint density at radius 1 is 1.31 bits per heavy atom. The molecule has 2 unspecified atom stereocenters. The highest BCUT2D eigenvalue weighted by Gasteiger charge is 2.46. The van der Waals surface area contributed by atoms with Gasteiger partial charge in [-0.2, -0.15) is 0 Å². The Morgan fingerprint density at radius 2 is 2.03 bits per heavy atom. The van der Waals surface area contributed by atoms with E-state index in [4.69, 9.17) is 19.2 Å². The van der Waals surface area contributed by atoms with Crippen molar-refractivity contribution in [2.24, 2.45) is 10.9 Å². The van der Waals surface area contributed by atoms with E-state index in [1.807, 2.05) is 51.1 Å². The zero-order valence-electron chi connectivity index (χ0n) is 24.1. The smallest absolute Gasteiger partial charge is 0.414 e. The summed E-state index contributed by atoms with van der Waals surface area (Å²) in [5.74, 6) is 0.118. The van der Waals surface area contributed by atoms with Crippen molar-refractivity contribution in [2.45, 2.75) is 103 Å². The first-order valence-electron chi connectivity index (χ1n) is 13.8. The maximum Gasteiger partial charge on any atom is 0.414 e. The number of nitrogens with one attached hydrogen (secondary N) is 1. The number of ether oxygens (including phenoxy) is 3. The molecule has 0 saturated heterocycles. The van der Waals surface area contributed by atoms with Crippen molar-refractivity contribution < 1.29 is 28.6 Å². The molecule has 1 N–H and O–H groups in total. The van der Waals surface area contributed by atoms with Gasteiger partial charge in [-0.25, -0.2) is 9.79 Å². The van der Waals surface area contributed by atoms with Crippen molar-refractivity contribution in [2.75, 3.05) is 6.61 Å². The summed E-state index contributed by atoms with van der Waals surface area (Å²) in [6.07, 6.45) is 3.65. The number of allylic oxidation sites excluding steroid dienone is 1. The van der Waals surface area contributed by atoms with Crippen LogP contribution in [-0.4, -0.2) is 52.7 Å². The molecule has 0 spiro atoms. The van der Waals surface area contributed by atoms with Crippen LogP contribution >= 0.6 is 0 Å². The molecule has 9 heteroatoms. The summed E-state index contributed by atoms with van der Waals surface area (Å²) in [6.45, 7) is 15.1. The lowest BCUT2D eigenvalue weighted by atomic mass is 9.82. The first-order valence-corrected chi connectivity index (χ1v) is 13.8. The molecular weight excluding hydrogens is 498 g/mol. The molecule has 0 aliphatic carbocycles. The average Bonchev–Trinajstić information content (AvgIpc) is 2.84. The zero-order valence-corrected chi connectivity index (χ0v) is 24.1. The van der Waals surface area contributed by atoms with E-state index in [9.17, 15) is 14.4 Å². The monoisotopic (exact) mass is 541 g/mol. The van der Waals surface area contributed by atoms with Crippen LogP contribution in [0, 0.1) is 5.92 Å². The van der Waals surface area contributed by atoms with Crippen LogP contribution in [0.15, 0.2) is 41.9 Å². The Morgan fingerprint density at radius 3 is 2.67 bits per heavy atom. The molecule has 2 aliphatic rings. The number of hydrogen-bond acceptors (Lipinski definition) is 7. The summed E-state index contributed by atoms with van der Waals surface area (Å²) in [5.41, 5.74) is -0.607. The molecule has 2 aliphatic heterocycles. The quantitative estimate of drug-likeness (QED) is 0.318. The minimum Gasteiger partial charge on any atom is -0.493 e. The van der Waals surface area contributed by atoms with Gasteiger partial charge in [0.25, 0.3) is 0 Å². The number of fused-ring (bicyclic) bond motifs is 1. The molecule has 39 heavy (non-hydrogen) atoms. The van der Waals surface area contributed by atoms with Crippen LogP contribution < -0.4 is 10.1 Å². The highest BCUT2D eigenvalue weighted by atomic mass is 16.6. The maximum absolute atomic E-state index is 14.0. The predicted octanol–water partition coefficient (Wildman–Crippen LogP) is 5.70. The summed E-state index contributed by atoms with van der Waals surface area (Å²) < 4.78 is 16.9. The number of guanidine groups is 1. The number of alkyl carbamates (subject to hydrolysis) is 1. The second-order valence-electron chi connectivity index (χ2n) is 11.5. The second-order valence-corrected chi connectivity index (χ2v) is 11.5. The van der Waals surface area contributed by atoms with Gasteiger partial charge < -0.3 is 14.2 Å². The fourth-order valence-electron chi connectivity index (χ4n) is 5.08. The number of benzene rings is 1. The van der Waals surface area contributed by atoms with Gasteiger partial charge in [-0.3, -0.25) is 19.8 Å². The predicted molar refractivity (Wildman–Crippen MR) is 149 cm³/mol. The van der Waals surface area contributed by atoms with Crippen molar-refractivity contribution in [1.82, 2.24) is 10.2 Å². The Hall–Kier alpha value is -3.36. The van der Waals surface area contributed by atoms with E-state index < -0.39 is 23.3 Å². The zero-order chi connectivity index (χ0) is 28.8.